The van der Waals surface area contributed by atoms with Gasteiger partial charge in [-0.25, -0.2) is 0 Å². The van der Waals surface area contributed by atoms with E-state index in [0.717, 1.165) is 34.5 Å². The van der Waals surface area contributed by atoms with Crippen LogP contribution in [0.3, 0.4) is 0 Å². The molecule has 0 amide bonds. The minimum atomic E-state index is 0.328. The molecule has 0 aromatic heterocycles. The lowest BCUT2D eigenvalue weighted by molar-refractivity contribution is 0.370. The maximum Gasteiger partial charge on any atom is 0.0454 e. The van der Waals surface area contributed by atoms with Crippen molar-refractivity contribution >= 4 is 35.0 Å². The van der Waals surface area contributed by atoms with E-state index in [1.54, 1.807) is 0 Å². The average Bonchev–Trinajstić information content (AvgIpc) is 2.47. The van der Waals surface area contributed by atoms with Crippen LogP contribution in [0, 0.1) is 5.92 Å². The van der Waals surface area contributed by atoms with Crippen LogP contribution in [0.15, 0.2) is 18.2 Å². The summed E-state index contributed by atoms with van der Waals surface area (Å²) in [5.74, 6) is 3.41. The molecular formula is C16H23Cl2NS. The molecule has 1 aliphatic rings. The minimum absolute atomic E-state index is 0.328. The summed E-state index contributed by atoms with van der Waals surface area (Å²) >= 11 is 14.6. The zero-order chi connectivity index (χ0) is 14.4. The molecule has 0 radical (unpaired) electrons. The zero-order valence-corrected chi connectivity index (χ0v) is 14.3. The minimum Gasteiger partial charge on any atom is -0.310 e. The number of rotatable bonds is 6. The van der Waals surface area contributed by atoms with Crippen LogP contribution in [0.1, 0.15) is 44.2 Å². The van der Waals surface area contributed by atoms with Gasteiger partial charge in [0.25, 0.3) is 0 Å². The predicted octanol–water partition coefficient (Wildman–Crippen LogP) is 5.57. The second kappa shape index (κ2) is 8.53. The summed E-state index contributed by atoms with van der Waals surface area (Å²) in [6, 6.07) is 6.13. The van der Waals surface area contributed by atoms with Crippen molar-refractivity contribution in [2.75, 3.05) is 18.1 Å². The normalized spacial score (nSPS) is 18.1. The molecule has 1 fully saturated rings. The van der Waals surface area contributed by atoms with Gasteiger partial charge in [0.2, 0.25) is 0 Å². The Kier molecular flexibility index (Phi) is 7.03. The van der Waals surface area contributed by atoms with Crippen molar-refractivity contribution in [3.05, 3.63) is 33.8 Å². The van der Waals surface area contributed by atoms with Crippen molar-refractivity contribution in [3.8, 4) is 0 Å². The Morgan fingerprint density at radius 1 is 1.30 bits per heavy atom. The average molecular weight is 332 g/mol. The van der Waals surface area contributed by atoms with Crippen LogP contribution in [0.25, 0.3) is 0 Å². The molecular weight excluding hydrogens is 309 g/mol. The monoisotopic (exact) mass is 331 g/mol. The van der Waals surface area contributed by atoms with Gasteiger partial charge in [-0.1, -0.05) is 30.1 Å². The summed E-state index contributed by atoms with van der Waals surface area (Å²) in [5, 5.41) is 5.25. The first kappa shape index (κ1) is 16.5. The molecule has 0 aliphatic carbocycles. The number of hydrogen-bond acceptors (Lipinski definition) is 2. The van der Waals surface area contributed by atoms with Crippen molar-refractivity contribution < 1.29 is 0 Å². The van der Waals surface area contributed by atoms with E-state index in [1.807, 2.05) is 18.2 Å². The van der Waals surface area contributed by atoms with E-state index in [2.05, 4.69) is 24.0 Å². The lowest BCUT2D eigenvalue weighted by Gasteiger charge is -2.28. The van der Waals surface area contributed by atoms with Crippen LogP contribution in [-0.2, 0) is 0 Å². The molecule has 2 rings (SSSR count). The topological polar surface area (TPSA) is 12.0 Å². The highest BCUT2D eigenvalue weighted by Crippen LogP contribution is 2.34. The van der Waals surface area contributed by atoms with Crippen molar-refractivity contribution in [3.63, 3.8) is 0 Å². The molecule has 1 heterocycles. The van der Waals surface area contributed by atoms with Crippen LogP contribution in [0.4, 0.5) is 0 Å². The van der Waals surface area contributed by atoms with Gasteiger partial charge in [-0.2, -0.15) is 11.8 Å². The Morgan fingerprint density at radius 2 is 2.05 bits per heavy atom. The lowest BCUT2D eigenvalue weighted by atomic mass is 9.90. The summed E-state index contributed by atoms with van der Waals surface area (Å²) < 4.78 is 0. The first-order valence-electron chi connectivity index (χ1n) is 7.46. The highest BCUT2D eigenvalue weighted by atomic mass is 35.5. The fraction of sp³-hybridized carbons (Fsp3) is 0.625. The van der Waals surface area contributed by atoms with Crippen molar-refractivity contribution in [1.29, 1.82) is 0 Å². The Bertz CT molecular complexity index is 419. The maximum atomic E-state index is 6.38. The second-order valence-electron chi connectivity index (χ2n) is 5.46. The van der Waals surface area contributed by atoms with E-state index >= 15 is 0 Å². The Morgan fingerprint density at radius 3 is 2.75 bits per heavy atom. The molecule has 0 bridgehead atoms. The van der Waals surface area contributed by atoms with E-state index in [0.29, 0.717) is 6.04 Å². The molecule has 20 heavy (non-hydrogen) atoms. The van der Waals surface area contributed by atoms with E-state index < -0.39 is 0 Å². The number of hydrogen-bond donors (Lipinski definition) is 1. The van der Waals surface area contributed by atoms with E-state index in [9.17, 15) is 0 Å². The second-order valence-corrected chi connectivity index (χ2v) is 7.53. The van der Waals surface area contributed by atoms with Crippen molar-refractivity contribution in [2.45, 2.75) is 38.6 Å². The largest absolute Gasteiger partial charge is 0.310 e. The Hall–Kier alpha value is 0.110. The Labute approximate surface area is 136 Å². The van der Waals surface area contributed by atoms with Gasteiger partial charge < -0.3 is 5.32 Å². The molecule has 1 atom stereocenters. The molecule has 1 aromatic carbocycles. The van der Waals surface area contributed by atoms with Gasteiger partial charge in [-0.05, 0) is 73.4 Å². The molecule has 1 aliphatic heterocycles. The molecule has 112 valence electrons. The maximum absolute atomic E-state index is 6.38. The summed E-state index contributed by atoms with van der Waals surface area (Å²) in [6.07, 6.45) is 4.95. The van der Waals surface area contributed by atoms with Crippen LogP contribution < -0.4 is 5.32 Å². The molecule has 0 spiro atoms. The smallest absolute Gasteiger partial charge is 0.0454 e. The van der Waals surface area contributed by atoms with Gasteiger partial charge in [0, 0.05) is 16.1 Å². The molecule has 1 N–H and O–H groups in total. The quantitative estimate of drug-likeness (QED) is 0.731. The van der Waals surface area contributed by atoms with Gasteiger partial charge in [0.05, 0.1) is 0 Å². The third-order valence-corrected chi connectivity index (χ3v) is 5.51. The van der Waals surface area contributed by atoms with E-state index in [4.69, 9.17) is 23.2 Å². The highest BCUT2D eigenvalue weighted by Gasteiger charge is 2.21. The molecule has 4 heteroatoms. The third kappa shape index (κ3) is 4.84. The highest BCUT2D eigenvalue weighted by molar-refractivity contribution is 7.99. The standard InChI is InChI=1S/C16H23Cl2NS/c1-2-7-19-16(10-12-5-8-20-9-6-12)14-11-13(17)3-4-15(14)18/h3-4,11-12,16,19H,2,5-10H2,1H3. The first-order valence-corrected chi connectivity index (χ1v) is 9.37. The van der Waals surface area contributed by atoms with Gasteiger partial charge in [0.15, 0.2) is 0 Å². The Balaban J connectivity index is 2.10. The van der Waals surface area contributed by atoms with Crippen LogP contribution in [0.5, 0.6) is 0 Å². The summed E-state index contributed by atoms with van der Waals surface area (Å²) in [5.41, 5.74) is 1.16. The predicted molar refractivity (Wildman–Crippen MR) is 92.2 cm³/mol. The molecule has 0 saturated carbocycles. The lowest BCUT2D eigenvalue weighted by Crippen LogP contribution is -2.26. The number of thioether (sulfide) groups is 1. The van der Waals surface area contributed by atoms with Crippen molar-refractivity contribution in [2.24, 2.45) is 5.92 Å². The number of benzene rings is 1. The zero-order valence-electron chi connectivity index (χ0n) is 12.0. The van der Waals surface area contributed by atoms with Crippen LogP contribution in [0.2, 0.25) is 10.0 Å². The number of nitrogens with one attached hydrogen (secondary N) is 1. The van der Waals surface area contributed by atoms with Gasteiger partial charge in [-0.3, -0.25) is 0 Å². The van der Waals surface area contributed by atoms with E-state index in [-0.39, 0.29) is 0 Å². The van der Waals surface area contributed by atoms with Gasteiger partial charge in [-0.15, -0.1) is 0 Å². The fourth-order valence-electron chi connectivity index (χ4n) is 2.74. The number of halogens is 2. The van der Waals surface area contributed by atoms with Gasteiger partial charge >= 0.3 is 0 Å². The molecule has 1 unspecified atom stereocenters. The summed E-state index contributed by atoms with van der Waals surface area (Å²) in [6.45, 7) is 3.22. The SMILES string of the molecule is CCCNC(CC1CCSCC1)c1cc(Cl)ccc1Cl. The first-order chi connectivity index (χ1) is 9.70. The van der Waals surface area contributed by atoms with Crippen molar-refractivity contribution in [1.82, 2.24) is 5.32 Å². The van der Waals surface area contributed by atoms with E-state index in [1.165, 1.54) is 30.8 Å². The molecule has 1 saturated heterocycles. The fourth-order valence-corrected chi connectivity index (χ4v) is 4.37. The summed E-state index contributed by atoms with van der Waals surface area (Å²) in [4.78, 5) is 0. The third-order valence-electron chi connectivity index (χ3n) is 3.88. The van der Waals surface area contributed by atoms with Crippen LogP contribution in [-0.4, -0.2) is 18.1 Å². The van der Waals surface area contributed by atoms with Gasteiger partial charge in [0.1, 0.15) is 0 Å². The molecule has 1 aromatic rings. The summed E-state index contributed by atoms with van der Waals surface area (Å²) in [7, 11) is 0. The molecule has 1 nitrogen and oxygen atoms in total. The van der Waals surface area contributed by atoms with Crippen LogP contribution >= 0.6 is 35.0 Å².